The van der Waals surface area contributed by atoms with Gasteiger partial charge in [-0.25, -0.2) is 0 Å². The summed E-state index contributed by atoms with van der Waals surface area (Å²) < 4.78 is 2.34. The fraction of sp³-hybridized carbons (Fsp3) is 0.467. The van der Waals surface area contributed by atoms with Gasteiger partial charge in [-0.3, -0.25) is 0 Å². The molecule has 0 fully saturated rings. The molecule has 1 aromatic carbocycles. The van der Waals surface area contributed by atoms with Crippen LogP contribution in [0.2, 0.25) is 5.02 Å². The highest BCUT2D eigenvalue weighted by Crippen LogP contribution is 2.25. The van der Waals surface area contributed by atoms with Crippen LogP contribution in [0.15, 0.2) is 24.4 Å². The molecule has 0 radical (unpaired) electrons. The minimum Gasteiger partial charge on any atom is -0.347 e. The Balaban J connectivity index is 2.30. The predicted octanol–water partition coefficient (Wildman–Crippen LogP) is 4.16. The third kappa shape index (κ3) is 3.68. The van der Waals surface area contributed by atoms with E-state index in [9.17, 15) is 0 Å². The molecule has 0 saturated carbocycles. The number of thioether (sulfide) groups is 1. The fourth-order valence-corrected chi connectivity index (χ4v) is 2.89. The Morgan fingerprint density at radius 2 is 2.21 bits per heavy atom. The molecule has 0 aliphatic carbocycles. The number of fused-ring (bicyclic) bond motifs is 1. The summed E-state index contributed by atoms with van der Waals surface area (Å²) >= 11 is 8.03. The average Bonchev–Trinajstić information content (AvgIpc) is 2.74. The van der Waals surface area contributed by atoms with Gasteiger partial charge in [-0.2, -0.15) is 11.8 Å². The van der Waals surface area contributed by atoms with Crippen molar-refractivity contribution in [1.29, 1.82) is 0 Å². The van der Waals surface area contributed by atoms with Crippen LogP contribution >= 0.6 is 23.4 Å². The summed E-state index contributed by atoms with van der Waals surface area (Å²) in [5.74, 6) is 1.20. The third-order valence-corrected chi connectivity index (χ3v) is 4.17. The van der Waals surface area contributed by atoms with Crippen LogP contribution in [0.25, 0.3) is 10.9 Å². The van der Waals surface area contributed by atoms with E-state index in [1.165, 1.54) is 28.6 Å². The summed E-state index contributed by atoms with van der Waals surface area (Å²) in [6, 6.07) is 6.19. The Morgan fingerprint density at radius 1 is 1.37 bits per heavy atom. The molecule has 0 aliphatic rings. The van der Waals surface area contributed by atoms with Gasteiger partial charge in [-0.05, 0) is 42.7 Å². The van der Waals surface area contributed by atoms with Gasteiger partial charge < -0.3 is 9.88 Å². The maximum Gasteiger partial charge on any atom is 0.0498 e. The molecular formula is C15H21ClN2S. The second-order valence-electron chi connectivity index (χ2n) is 4.64. The number of aryl methyl sites for hydroxylation is 1. The summed E-state index contributed by atoms with van der Waals surface area (Å²) in [7, 11) is 0. The molecule has 0 atom stereocenters. The highest BCUT2D eigenvalue weighted by atomic mass is 35.5. The van der Waals surface area contributed by atoms with E-state index >= 15 is 0 Å². The lowest BCUT2D eigenvalue weighted by molar-refractivity contribution is 0.693. The fourth-order valence-electron chi connectivity index (χ4n) is 2.31. The van der Waals surface area contributed by atoms with Crippen LogP contribution in [0.5, 0.6) is 0 Å². The smallest absolute Gasteiger partial charge is 0.0498 e. The highest BCUT2D eigenvalue weighted by molar-refractivity contribution is 7.98. The summed E-state index contributed by atoms with van der Waals surface area (Å²) in [6.45, 7) is 5.11. The van der Waals surface area contributed by atoms with E-state index < -0.39 is 0 Å². The van der Waals surface area contributed by atoms with E-state index in [4.69, 9.17) is 11.6 Å². The summed E-state index contributed by atoms with van der Waals surface area (Å²) in [5.41, 5.74) is 2.61. The van der Waals surface area contributed by atoms with E-state index in [0.29, 0.717) is 0 Å². The van der Waals surface area contributed by atoms with Crippen molar-refractivity contribution in [2.75, 3.05) is 18.6 Å². The Labute approximate surface area is 124 Å². The zero-order chi connectivity index (χ0) is 13.7. The Kier molecular flexibility index (Phi) is 5.61. The van der Waals surface area contributed by atoms with Crippen molar-refractivity contribution >= 4 is 34.3 Å². The number of hydrogen-bond acceptors (Lipinski definition) is 2. The zero-order valence-electron chi connectivity index (χ0n) is 11.6. The number of rotatable bonds is 7. The van der Waals surface area contributed by atoms with Gasteiger partial charge in [0.25, 0.3) is 0 Å². The lowest BCUT2D eigenvalue weighted by Gasteiger charge is -2.04. The molecule has 0 bridgehead atoms. The van der Waals surface area contributed by atoms with Crippen LogP contribution < -0.4 is 5.32 Å². The minimum atomic E-state index is 0.812. The van der Waals surface area contributed by atoms with Crippen molar-refractivity contribution in [3.63, 3.8) is 0 Å². The first-order valence-electron chi connectivity index (χ1n) is 6.73. The molecule has 19 heavy (non-hydrogen) atoms. The van der Waals surface area contributed by atoms with E-state index in [-0.39, 0.29) is 0 Å². The van der Waals surface area contributed by atoms with Crippen molar-refractivity contribution in [1.82, 2.24) is 9.88 Å². The first kappa shape index (κ1) is 14.8. The van der Waals surface area contributed by atoms with Crippen molar-refractivity contribution in [3.05, 3.63) is 35.0 Å². The summed E-state index contributed by atoms with van der Waals surface area (Å²) in [4.78, 5) is 0. The second-order valence-corrected chi connectivity index (χ2v) is 6.06. The molecule has 1 heterocycles. The second kappa shape index (κ2) is 7.22. The van der Waals surface area contributed by atoms with Crippen molar-refractivity contribution in [2.45, 2.75) is 26.4 Å². The van der Waals surface area contributed by atoms with Crippen LogP contribution in [-0.2, 0) is 13.1 Å². The molecule has 0 amide bonds. The Hall–Kier alpha value is -0.640. The molecule has 2 aromatic rings. The topological polar surface area (TPSA) is 17.0 Å². The monoisotopic (exact) mass is 296 g/mol. The zero-order valence-corrected chi connectivity index (χ0v) is 13.2. The van der Waals surface area contributed by atoms with Gasteiger partial charge in [0.05, 0.1) is 0 Å². The summed E-state index contributed by atoms with van der Waals surface area (Å²) in [5, 5.41) is 5.53. The summed E-state index contributed by atoms with van der Waals surface area (Å²) in [6.07, 6.45) is 5.61. The predicted molar refractivity (Wildman–Crippen MR) is 87.3 cm³/mol. The molecule has 0 aliphatic heterocycles. The first-order valence-corrected chi connectivity index (χ1v) is 8.50. The molecular weight excluding hydrogens is 276 g/mol. The van der Waals surface area contributed by atoms with Crippen LogP contribution in [0.1, 0.15) is 18.9 Å². The van der Waals surface area contributed by atoms with E-state index in [0.717, 1.165) is 24.7 Å². The molecule has 1 N–H and O–H groups in total. The quantitative estimate of drug-likeness (QED) is 0.773. The molecule has 0 saturated heterocycles. The molecule has 2 rings (SSSR count). The van der Waals surface area contributed by atoms with Gasteiger partial charge in [-0.15, -0.1) is 0 Å². The lowest BCUT2D eigenvalue weighted by atomic mass is 10.2. The van der Waals surface area contributed by atoms with Crippen LogP contribution in [-0.4, -0.2) is 23.1 Å². The maximum atomic E-state index is 6.13. The lowest BCUT2D eigenvalue weighted by Crippen LogP contribution is -2.11. The van der Waals surface area contributed by atoms with Gasteiger partial charge in [0.2, 0.25) is 0 Å². The van der Waals surface area contributed by atoms with Gasteiger partial charge in [0.15, 0.2) is 0 Å². The van der Waals surface area contributed by atoms with Gasteiger partial charge in [-0.1, -0.05) is 24.6 Å². The van der Waals surface area contributed by atoms with Gasteiger partial charge >= 0.3 is 0 Å². The normalized spacial score (nSPS) is 11.3. The molecule has 1 aromatic heterocycles. The molecule has 4 heteroatoms. The van der Waals surface area contributed by atoms with E-state index in [1.807, 2.05) is 17.8 Å². The Morgan fingerprint density at radius 3 is 2.95 bits per heavy atom. The van der Waals surface area contributed by atoms with E-state index in [2.05, 4.69) is 41.4 Å². The highest BCUT2D eigenvalue weighted by Gasteiger charge is 2.08. The van der Waals surface area contributed by atoms with Crippen molar-refractivity contribution in [3.8, 4) is 0 Å². The average molecular weight is 297 g/mol. The van der Waals surface area contributed by atoms with Crippen LogP contribution in [0.3, 0.4) is 0 Å². The number of nitrogens with zero attached hydrogens (tertiary/aromatic N) is 1. The largest absolute Gasteiger partial charge is 0.347 e. The van der Waals surface area contributed by atoms with Gasteiger partial charge in [0, 0.05) is 35.2 Å². The maximum absolute atomic E-state index is 6.13. The first-order chi connectivity index (χ1) is 9.26. The number of benzene rings is 1. The number of hydrogen-bond donors (Lipinski definition) is 1. The SMILES string of the molecule is CCNCc1cn(CCCSC)c2cc(Cl)ccc12. The minimum absolute atomic E-state index is 0.812. The molecule has 0 unspecified atom stereocenters. The van der Waals surface area contributed by atoms with Crippen LogP contribution in [0, 0.1) is 0 Å². The standard InChI is InChI=1S/C15H21ClN2S/c1-3-17-10-12-11-18(7-4-8-19-2)15-9-13(16)5-6-14(12)15/h5-6,9,11,17H,3-4,7-8,10H2,1-2H3. The molecule has 104 valence electrons. The van der Waals surface area contributed by atoms with Crippen molar-refractivity contribution in [2.24, 2.45) is 0 Å². The third-order valence-electron chi connectivity index (χ3n) is 3.24. The molecule has 2 nitrogen and oxygen atoms in total. The van der Waals surface area contributed by atoms with Gasteiger partial charge in [0.1, 0.15) is 0 Å². The van der Waals surface area contributed by atoms with E-state index in [1.54, 1.807) is 0 Å². The number of aromatic nitrogens is 1. The molecule has 0 spiro atoms. The van der Waals surface area contributed by atoms with Crippen LogP contribution in [0.4, 0.5) is 0 Å². The number of nitrogens with one attached hydrogen (secondary N) is 1. The van der Waals surface area contributed by atoms with Crippen molar-refractivity contribution < 1.29 is 0 Å². The number of halogens is 1. The Bertz CT molecular complexity index is 536.